The molecular weight excluding hydrogens is 512 g/mol. The van der Waals surface area contributed by atoms with Gasteiger partial charge in [-0.15, -0.1) is 0 Å². The molecule has 10 heteroatoms. The molecule has 0 fully saturated rings. The van der Waals surface area contributed by atoms with E-state index in [0.717, 1.165) is 24.1 Å². The number of hydrogen-bond acceptors (Lipinski definition) is 6. The molecule has 1 aliphatic rings. The fourth-order valence-corrected chi connectivity index (χ4v) is 4.35. The number of fused-ring (bicyclic) bond motifs is 1. The first-order valence-electron chi connectivity index (χ1n) is 13.4. The SMILES string of the molecule is C=C(C)C(=O)NCCC1(CC)CN(C(=O)c2cccc([N+](=O)[O-])c2)c2ccccc21.CC.CC/C=C(\C)[N+](=O)[O-]. The molecule has 0 aliphatic carbocycles. The molecule has 10 nitrogen and oxygen atoms in total. The van der Waals surface area contributed by atoms with E-state index >= 15 is 0 Å². The summed E-state index contributed by atoms with van der Waals surface area (Å²) in [6, 6.07) is 13.5. The number of anilines is 1. The van der Waals surface area contributed by atoms with Crippen LogP contribution in [0.25, 0.3) is 0 Å². The van der Waals surface area contributed by atoms with Gasteiger partial charge in [0.25, 0.3) is 11.6 Å². The zero-order chi connectivity index (χ0) is 30.5. The number of para-hydroxylation sites is 1. The Balaban J connectivity index is 0.000000689. The van der Waals surface area contributed by atoms with E-state index in [1.807, 2.05) is 45.0 Å². The predicted octanol–water partition coefficient (Wildman–Crippen LogP) is 6.59. The van der Waals surface area contributed by atoms with Gasteiger partial charge in [-0.1, -0.05) is 58.5 Å². The molecule has 1 unspecified atom stereocenters. The third-order valence-corrected chi connectivity index (χ3v) is 6.52. The van der Waals surface area contributed by atoms with Crippen LogP contribution >= 0.6 is 0 Å². The maximum absolute atomic E-state index is 13.3. The molecule has 0 aromatic heterocycles. The Hall–Kier alpha value is -4.34. The van der Waals surface area contributed by atoms with Gasteiger partial charge in [-0.3, -0.25) is 29.8 Å². The first-order chi connectivity index (χ1) is 19.0. The van der Waals surface area contributed by atoms with Crippen molar-refractivity contribution in [1.29, 1.82) is 0 Å². The van der Waals surface area contributed by atoms with Crippen molar-refractivity contribution in [2.75, 3.05) is 18.0 Å². The van der Waals surface area contributed by atoms with Gasteiger partial charge >= 0.3 is 0 Å². The molecule has 216 valence electrons. The number of nitro groups is 2. The summed E-state index contributed by atoms with van der Waals surface area (Å²) in [6.45, 7) is 15.7. The van der Waals surface area contributed by atoms with Crippen LogP contribution in [0.15, 0.2) is 72.5 Å². The quantitative estimate of drug-likeness (QED) is 0.212. The molecule has 0 saturated carbocycles. The van der Waals surface area contributed by atoms with Gasteiger partial charge in [0.15, 0.2) is 0 Å². The van der Waals surface area contributed by atoms with Crippen LogP contribution in [0.1, 0.15) is 76.7 Å². The highest BCUT2D eigenvalue weighted by Crippen LogP contribution is 2.45. The summed E-state index contributed by atoms with van der Waals surface area (Å²) in [6.07, 6.45) is 3.76. The molecule has 0 saturated heterocycles. The van der Waals surface area contributed by atoms with E-state index in [4.69, 9.17) is 0 Å². The zero-order valence-corrected chi connectivity index (χ0v) is 24.2. The van der Waals surface area contributed by atoms with Crippen LogP contribution < -0.4 is 10.2 Å². The minimum atomic E-state index is -0.505. The Morgan fingerprint density at radius 3 is 2.25 bits per heavy atom. The smallest absolute Gasteiger partial charge is 0.270 e. The van der Waals surface area contributed by atoms with E-state index in [9.17, 15) is 29.8 Å². The van der Waals surface area contributed by atoms with E-state index in [2.05, 4.69) is 18.8 Å². The number of carbonyl (C=O) groups is 2. The van der Waals surface area contributed by atoms with E-state index in [-0.39, 0.29) is 39.1 Å². The van der Waals surface area contributed by atoms with Crippen molar-refractivity contribution in [3.63, 3.8) is 0 Å². The largest absolute Gasteiger partial charge is 0.352 e. The lowest BCUT2D eigenvalue weighted by atomic mass is 9.77. The highest BCUT2D eigenvalue weighted by Gasteiger charge is 2.43. The van der Waals surface area contributed by atoms with Crippen molar-refractivity contribution < 1.29 is 19.4 Å². The second-order valence-corrected chi connectivity index (χ2v) is 9.15. The highest BCUT2D eigenvalue weighted by atomic mass is 16.6. The Kier molecular flexibility index (Phi) is 13.4. The summed E-state index contributed by atoms with van der Waals surface area (Å²) in [4.78, 5) is 46.9. The van der Waals surface area contributed by atoms with Gasteiger partial charge in [0.05, 0.1) is 9.85 Å². The van der Waals surface area contributed by atoms with Crippen LogP contribution in [0.4, 0.5) is 11.4 Å². The molecule has 0 spiro atoms. The van der Waals surface area contributed by atoms with E-state index < -0.39 is 4.92 Å². The van der Waals surface area contributed by atoms with E-state index in [1.54, 1.807) is 24.0 Å². The predicted molar refractivity (Wildman–Crippen MR) is 158 cm³/mol. The van der Waals surface area contributed by atoms with Crippen LogP contribution in [-0.2, 0) is 10.2 Å². The van der Waals surface area contributed by atoms with Crippen molar-refractivity contribution in [2.24, 2.45) is 0 Å². The highest BCUT2D eigenvalue weighted by molar-refractivity contribution is 6.08. The van der Waals surface area contributed by atoms with Crippen molar-refractivity contribution in [2.45, 2.75) is 66.2 Å². The first-order valence-corrected chi connectivity index (χ1v) is 13.4. The molecule has 1 heterocycles. The molecule has 3 rings (SSSR count). The molecule has 2 amide bonds. The summed E-state index contributed by atoms with van der Waals surface area (Å²) in [5.74, 6) is -0.454. The Morgan fingerprint density at radius 2 is 1.73 bits per heavy atom. The number of carbonyl (C=O) groups excluding carboxylic acids is 2. The fraction of sp³-hybridized carbons (Fsp3) is 0.400. The number of allylic oxidation sites excluding steroid dienone is 2. The lowest BCUT2D eigenvalue weighted by Gasteiger charge is -2.29. The van der Waals surface area contributed by atoms with E-state index in [0.29, 0.717) is 25.1 Å². The zero-order valence-electron chi connectivity index (χ0n) is 24.2. The van der Waals surface area contributed by atoms with Gasteiger partial charge in [0.1, 0.15) is 0 Å². The standard InChI is InChI=1S/C23H25N3O4.C5H9NO2.C2H6/c1-4-23(12-13-24-21(27)16(2)3)15-25(20-11-6-5-10-19(20)23)22(28)17-8-7-9-18(14-17)26(29)30;1-3-4-5(2)6(7)8;1-2/h5-11,14H,2,4,12-13,15H2,1,3H3,(H,24,27);4H,3H2,1-2H3;1-2H3/b;5-4+;. The third-order valence-electron chi connectivity index (χ3n) is 6.52. The summed E-state index contributed by atoms with van der Waals surface area (Å²) < 4.78 is 0. The molecule has 40 heavy (non-hydrogen) atoms. The van der Waals surface area contributed by atoms with Crippen LogP contribution in [0.2, 0.25) is 0 Å². The number of hydrogen-bond donors (Lipinski definition) is 1. The molecule has 1 atom stereocenters. The average Bonchev–Trinajstić information content (AvgIpc) is 3.29. The number of rotatable bonds is 9. The average molecular weight is 553 g/mol. The summed E-state index contributed by atoms with van der Waals surface area (Å²) >= 11 is 0. The fourth-order valence-electron chi connectivity index (χ4n) is 4.35. The van der Waals surface area contributed by atoms with Crippen LogP contribution in [0.5, 0.6) is 0 Å². The van der Waals surface area contributed by atoms with Crippen LogP contribution in [0.3, 0.4) is 0 Å². The van der Waals surface area contributed by atoms with E-state index in [1.165, 1.54) is 25.1 Å². The van der Waals surface area contributed by atoms with Gasteiger partial charge in [-0.25, -0.2) is 0 Å². The summed E-state index contributed by atoms with van der Waals surface area (Å²) in [5, 5.41) is 23.8. The number of non-ortho nitro benzene ring substituents is 1. The van der Waals surface area contributed by atoms with Crippen molar-refractivity contribution in [3.05, 3.63) is 104 Å². The van der Waals surface area contributed by atoms with Crippen LogP contribution in [-0.4, -0.2) is 34.8 Å². The monoisotopic (exact) mass is 552 g/mol. The molecule has 1 aliphatic heterocycles. The van der Waals surface area contributed by atoms with Gasteiger partial charge in [0.2, 0.25) is 11.6 Å². The summed E-state index contributed by atoms with van der Waals surface area (Å²) in [7, 11) is 0. The molecule has 1 N–H and O–H groups in total. The number of amides is 2. The van der Waals surface area contributed by atoms with Gasteiger partial charge in [-0.05, 0) is 50.0 Å². The first kappa shape index (κ1) is 33.7. The van der Waals surface area contributed by atoms with Crippen molar-refractivity contribution in [3.8, 4) is 0 Å². The minimum Gasteiger partial charge on any atom is -0.352 e. The molecule has 2 aromatic rings. The minimum absolute atomic E-state index is 0.113. The lowest BCUT2D eigenvalue weighted by Crippen LogP contribution is -2.39. The number of nitrogens with one attached hydrogen (secondary N) is 1. The maximum Gasteiger partial charge on any atom is 0.270 e. The molecule has 2 aromatic carbocycles. The lowest BCUT2D eigenvalue weighted by molar-refractivity contribution is -0.424. The van der Waals surface area contributed by atoms with Crippen LogP contribution in [0, 0.1) is 20.2 Å². The van der Waals surface area contributed by atoms with Crippen molar-refractivity contribution in [1.82, 2.24) is 5.32 Å². The second kappa shape index (κ2) is 15.9. The topological polar surface area (TPSA) is 136 Å². The normalized spacial score (nSPS) is 15.4. The van der Waals surface area contributed by atoms with Gasteiger partial charge in [0, 0.05) is 54.4 Å². The van der Waals surface area contributed by atoms with Gasteiger partial charge in [-0.2, -0.15) is 0 Å². The number of nitrogens with zero attached hydrogens (tertiary/aromatic N) is 3. The molecule has 0 radical (unpaired) electrons. The Bertz CT molecular complexity index is 1260. The molecular formula is C30H40N4O6. The third kappa shape index (κ3) is 8.59. The Labute approximate surface area is 236 Å². The maximum atomic E-state index is 13.3. The van der Waals surface area contributed by atoms with Gasteiger partial charge < -0.3 is 10.2 Å². The Morgan fingerprint density at radius 1 is 1.07 bits per heavy atom. The number of nitro benzene ring substituents is 1. The van der Waals surface area contributed by atoms with Crippen molar-refractivity contribution >= 4 is 23.2 Å². The second-order valence-electron chi connectivity index (χ2n) is 9.15. The molecule has 0 bridgehead atoms. The number of benzene rings is 2. The summed E-state index contributed by atoms with van der Waals surface area (Å²) in [5.41, 5.74) is 2.40.